The standard InChI is InChI=1S/C10H7BrClN3/c1-6-4-13-3-2-7(6)10-14-5-8(11)9(12)15-10/h2-5H,1H3. The first-order valence-corrected chi connectivity index (χ1v) is 5.44. The number of aryl methyl sites for hydroxylation is 1. The van der Waals surface area contributed by atoms with E-state index in [1.807, 2.05) is 13.0 Å². The maximum atomic E-state index is 5.90. The Balaban J connectivity index is 2.55. The van der Waals surface area contributed by atoms with Crippen LogP contribution in [0.15, 0.2) is 29.1 Å². The Morgan fingerprint density at radius 3 is 2.80 bits per heavy atom. The summed E-state index contributed by atoms with van der Waals surface area (Å²) in [6.45, 7) is 1.96. The Morgan fingerprint density at radius 2 is 2.13 bits per heavy atom. The number of nitrogens with zero attached hydrogens (tertiary/aromatic N) is 3. The average molecular weight is 285 g/mol. The molecule has 0 atom stereocenters. The zero-order valence-corrected chi connectivity index (χ0v) is 10.2. The van der Waals surface area contributed by atoms with Crippen molar-refractivity contribution in [2.75, 3.05) is 0 Å². The molecule has 0 radical (unpaired) electrons. The van der Waals surface area contributed by atoms with E-state index in [0.717, 1.165) is 11.1 Å². The molecule has 2 aromatic heterocycles. The Labute approximate surface area is 101 Å². The van der Waals surface area contributed by atoms with Crippen molar-refractivity contribution in [3.8, 4) is 11.4 Å². The maximum absolute atomic E-state index is 5.90. The molecule has 0 aliphatic carbocycles. The largest absolute Gasteiger partial charge is 0.264 e. The van der Waals surface area contributed by atoms with Crippen LogP contribution < -0.4 is 0 Å². The third-order valence-corrected chi connectivity index (χ3v) is 3.06. The van der Waals surface area contributed by atoms with Crippen molar-refractivity contribution in [1.82, 2.24) is 15.0 Å². The van der Waals surface area contributed by atoms with Crippen LogP contribution >= 0.6 is 27.5 Å². The Hall–Kier alpha value is -1.000. The van der Waals surface area contributed by atoms with Crippen LogP contribution in [0.4, 0.5) is 0 Å². The van der Waals surface area contributed by atoms with Gasteiger partial charge in [-0.1, -0.05) is 11.6 Å². The molecule has 0 unspecified atom stereocenters. The molecule has 2 heterocycles. The highest BCUT2D eigenvalue weighted by Crippen LogP contribution is 2.24. The molecular formula is C10H7BrClN3. The van der Waals surface area contributed by atoms with Gasteiger partial charge in [0.05, 0.1) is 4.47 Å². The van der Waals surface area contributed by atoms with Crippen LogP contribution in [0, 0.1) is 6.92 Å². The molecule has 0 fully saturated rings. The summed E-state index contributed by atoms with van der Waals surface area (Å²) in [5.41, 5.74) is 1.97. The van der Waals surface area contributed by atoms with Crippen molar-refractivity contribution in [3.05, 3.63) is 39.8 Å². The Kier molecular flexibility index (Phi) is 2.98. The first-order valence-electron chi connectivity index (χ1n) is 4.27. The predicted molar refractivity (Wildman–Crippen MR) is 62.7 cm³/mol. The molecule has 76 valence electrons. The van der Waals surface area contributed by atoms with Gasteiger partial charge in [-0.2, -0.15) is 0 Å². The number of rotatable bonds is 1. The van der Waals surface area contributed by atoms with Gasteiger partial charge in [0.25, 0.3) is 0 Å². The molecule has 5 heteroatoms. The van der Waals surface area contributed by atoms with Gasteiger partial charge in [0, 0.05) is 24.2 Å². The van der Waals surface area contributed by atoms with Crippen molar-refractivity contribution < 1.29 is 0 Å². The van der Waals surface area contributed by atoms with Crippen molar-refractivity contribution in [2.24, 2.45) is 0 Å². The number of hydrogen-bond donors (Lipinski definition) is 0. The summed E-state index contributed by atoms with van der Waals surface area (Å²) >= 11 is 9.15. The van der Waals surface area contributed by atoms with E-state index < -0.39 is 0 Å². The van der Waals surface area contributed by atoms with E-state index in [4.69, 9.17) is 11.6 Å². The van der Waals surface area contributed by atoms with Crippen LogP contribution in [0.1, 0.15) is 5.56 Å². The fourth-order valence-electron chi connectivity index (χ4n) is 1.20. The number of pyridine rings is 1. The van der Waals surface area contributed by atoms with Crippen LogP contribution in [0.5, 0.6) is 0 Å². The third-order valence-electron chi connectivity index (χ3n) is 1.96. The highest BCUT2D eigenvalue weighted by Gasteiger charge is 2.07. The minimum Gasteiger partial charge on any atom is -0.264 e. The Morgan fingerprint density at radius 1 is 1.33 bits per heavy atom. The van der Waals surface area contributed by atoms with Gasteiger partial charge in [-0.15, -0.1) is 0 Å². The highest BCUT2D eigenvalue weighted by atomic mass is 79.9. The minimum absolute atomic E-state index is 0.413. The summed E-state index contributed by atoms with van der Waals surface area (Å²) in [5.74, 6) is 0.614. The monoisotopic (exact) mass is 283 g/mol. The maximum Gasteiger partial charge on any atom is 0.161 e. The van der Waals surface area contributed by atoms with Gasteiger partial charge in [-0.05, 0) is 34.5 Å². The van der Waals surface area contributed by atoms with E-state index >= 15 is 0 Å². The molecule has 0 bridgehead atoms. The van der Waals surface area contributed by atoms with Gasteiger partial charge < -0.3 is 0 Å². The van der Waals surface area contributed by atoms with Crippen LogP contribution in [0.3, 0.4) is 0 Å². The van der Waals surface area contributed by atoms with Gasteiger partial charge in [0.15, 0.2) is 5.82 Å². The van der Waals surface area contributed by atoms with E-state index in [0.29, 0.717) is 15.5 Å². The van der Waals surface area contributed by atoms with Gasteiger partial charge in [0.2, 0.25) is 0 Å². The predicted octanol–water partition coefficient (Wildman–Crippen LogP) is 3.26. The summed E-state index contributed by atoms with van der Waals surface area (Å²) in [4.78, 5) is 12.4. The zero-order valence-electron chi connectivity index (χ0n) is 7.91. The third kappa shape index (κ3) is 2.16. The van der Waals surface area contributed by atoms with E-state index in [1.165, 1.54) is 0 Å². The van der Waals surface area contributed by atoms with Crippen LogP contribution in [0.2, 0.25) is 5.15 Å². The van der Waals surface area contributed by atoms with Crippen molar-refractivity contribution >= 4 is 27.5 Å². The molecule has 15 heavy (non-hydrogen) atoms. The molecule has 0 saturated heterocycles. The molecule has 0 aliphatic heterocycles. The number of aromatic nitrogens is 3. The highest BCUT2D eigenvalue weighted by molar-refractivity contribution is 9.10. The smallest absolute Gasteiger partial charge is 0.161 e. The second-order valence-corrected chi connectivity index (χ2v) is 4.24. The number of halogens is 2. The van der Waals surface area contributed by atoms with Crippen LogP contribution in [0.25, 0.3) is 11.4 Å². The number of hydrogen-bond acceptors (Lipinski definition) is 3. The first kappa shape index (κ1) is 10.5. The molecule has 0 aliphatic rings. The minimum atomic E-state index is 0.413. The lowest BCUT2D eigenvalue weighted by Gasteiger charge is -2.03. The molecular weight excluding hydrogens is 277 g/mol. The molecule has 0 amide bonds. The van der Waals surface area contributed by atoms with E-state index in [1.54, 1.807) is 18.6 Å². The summed E-state index contributed by atoms with van der Waals surface area (Å²) in [6.07, 6.45) is 5.13. The molecule has 0 N–H and O–H groups in total. The van der Waals surface area contributed by atoms with E-state index in [9.17, 15) is 0 Å². The quantitative estimate of drug-likeness (QED) is 0.755. The normalized spacial score (nSPS) is 10.3. The van der Waals surface area contributed by atoms with Gasteiger partial charge in [0.1, 0.15) is 5.15 Å². The second kappa shape index (κ2) is 4.24. The lowest BCUT2D eigenvalue weighted by molar-refractivity contribution is 1.14. The second-order valence-electron chi connectivity index (χ2n) is 3.02. The van der Waals surface area contributed by atoms with Gasteiger partial charge in [-0.3, -0.25) is 4.98 Å². The van der Waals surface area contributed by atoms with Crippen molar-refractivity contribution in [2.45, 2.75) is 6.92 Å². The topological polar surface area (TPSA) is 38.7 Å². The van der Waals surface area contributed by atoms with Crippen molar-refractivity contribution in [3.63, 3.8) is 0 Å². The molecule has 3 nitrogen and oxygen atoms in total. The molecule has 0 saturated carbocycles. The average Bonchev–Trinajstić information content (AvgIpc) is 2.23. The first-order chi connectivity index (χ1) is 7.18. The van der Waals surface area contributed by atoms with E-state index in [2.05, 4.69) is 30.9 Å². The fourth-order valence-corrected chi connectivity index (χ4v) is 1.52. The molecule has 2 rings (SSSR count). The zero-order chi connectivity index (χ0) is 10.8. The van der Waals surface area contributed by atoms with Crippen LogP contribution in [-0.2, 0) is 0 Å². The molecule has 2 aromatic rings. The van der Waals surface area contributed by atoms with Gasteiger partial charge >= 0.3 is 0 Å². The molecule has 0 aromatic carbocycles. The summed E-state index contributed by atoms with van der Waals surface area (Å²) < 4.78 is 0.694. The Bertz CT molecular complexity index is 502. The summed E-state index contributed by atoms with van der Waals surface area (Å²) in [6, 6.07) is 1.87. The lowest BCUT2D eigenvalue weighted by Crippen LogP contribution is -1.92. The van der Waals surface area contributed by atoms with E-state index in [-0.39, 0.29) is 0 Å². The van der Waals surface area contributed by atoms with Crippen molar-refractivity contribution in [1.29, 1.82) is 0 Å². The summed E-state index contributed by atoms with van der Waals surface area (Å²) in [5, 5.41) is 0.413. The molecule has 0 spiro atoms. The van der Waals surface area contributed by atoms with Gasteiger partial charge in [-0.25, -0.2) is 9.97 Å². The fraction of sp³-hybridized carbons (Fsp3) is 0.100. The SMILES string of the molecule is Cc1cnccc1-c1ncc(Br)c(Cl)n1. The van der Waals surface area contributed by atoms with Crippen LogP contribution in [-0.4, -0.2) is 15.0 Å². The summed E-state index contributed by atoms with van der Waals surface area (Å²) in [7, 11) is 0. The lowest BCUT2D eigenvalue weighted by atomic mass is 10.1.